The highest BCUT2D eigenvalue weighted by molar-refractivity contribution is 6.07. The number of carbonyl (C=O) groups is 1. The number of hydrogen-bond donors (Lipinski definition) is 3. The number of aryl methyl sites for hydroxylation is 1. The molecule has 0 radical (unpaired) electrons. The lowest BCUT2D eigenvalue weighted by atomic mass is 9.99. The van der Waals surface area contributed by atoms with Crippen LogP contribution in [-0.2, 0) is 6.42 Å². The van der Waals surface area contributed by atoms with Gasteiger partial charge in [0.25, 0.3) is 5.91 Å². The molecule has 1 aliphatic heterocycles. The minimum atomic E-state index is -0.135. The highest BCUT2D eigenvalue weighted by Crippen LogP contribution is 2.26. The summed E-state index contributed by atoms with van der Waals surface area (Å²) in [7, 11) is 0. The fourth-order valence-corrected chi connectivity index (χ4v) is 4.02. The summed E-state index contributed by atoms with van der Waals surface area (Å²) in [5.41, 5.74) is 9.96. The van der Waals surface area contributed by atoms with Gasteiger partial charge in [-0.25, -0.2) is 9.97 Å². The summed E-state index contributed by atoms with van der Waals surface area (Å²) in [5, 5.41) is 6.40. The molecular formula is C26H32N6O. The van der Waals surface area contributed by atoms with E-state index in [9.17, 15) is 4.79 Å². The average molecular weight is 445 g/mol. The minimum Gasteiger partial charge on any atom is -0.385 e. The topological polar surface area (TPSA) is 96.2 Å². The molecule has 0 aliphatic carbocycles. The Kier molecular flexibility index (Phi) is 7.07. The molecule has 0 unspecified atom stereocenters. The zero-order chi connectivity index (χ0) is 23.2. The van der Waals surface area contributed by atoms with Crippen molar-refractivity contribution in [3.63, 3.8) is 0 Å². The van der Waals surface area contributed by atoms with Crippen molar-refractivity contribution in [2.24, 2.45) is 5.92 Å². The Morgan fingerprint density at radius 3 is 2.48 bits per heavy atom. The van der Waals surface area contributed by atoms with Crippen LogP contribution in [0.15, 0.2) is 54.6 Å². The predicted octanol–water partition coefficient (Wildman–Crippen LogP) is 4.51. The molecule has 4 N–H and O–H groups in total. The molecule has 172 valence electrons. The van der Waals surface area contributed by atoms with Gasteiger partial charge >= 0.3 is 0 Å². The van der Waals surface area contributed by atoms with Gasteiger partial charge in [0.2, 0.25) is 0 Å². The van der Waals surface area contributed by atoms with Crippen LogP contribution in [0.25, 0.3) is 0 Å². The van der Waals surface area contributed by atoms with Gasteiger partial charge in [-0.1, -0.05) is 13.0 Å². The lowest BCUT2D eigenvalue weighted by Gasteiger charge is -2.32. The molecule has 0 bridgehead atoms. The highest BCUT2D eigenvalue weighted by Gasteiger charge is 2.22. The molecule has 1 saturated heterocycles. The molecule has 7 nitrogen and oxygen atoms in total. The monoisotopic (exact) mass is 444 g/mol. The smallest absolute Gasteiger partial charge is 0.259 e. The first kappa shape index (κ1) is 22.6. The Hall–Kier alpha value is -3.61. The second-order valence-electron chi connectivity index (χ2n) is 8.76. The van der Waals surface area contributed by atoms with E-state index in [1.807, 2.05) is 55.5 Å². The predicted molar refractivity (Wildman–Crippen MR) is 135 cm³/mol. The number of benzene rings is 1. The Labute approximate surface area is 195 Å². The third-order valence-electron chi connectivity index (χ3n) is 6.02. The standard InChI is InChI=1S/C26H32N6O/c1-18-13-16-32(17-14-18)25-23(11-6-19(2)29-25)26(33)31-22-9-7-20(8-10-22)28-15-12-21-4-3-5-24(27)30-21/h3-11,18,28H,12-17H2,1-2H3,(H2,27,30)(H,31,33). The molecule has 4 rings (SSSR count). The van der Waals surface area contributed by atoms with Crippen molar-refractivity contribution in [2.45, 2.75) is 33.1 Å². The van der Waals surface area contributed by atoms with Crippen molar-refractivity contribution < 1.29 is 4.79 Å². The molecule has 33 heavy (non-hydrogen) atoms. The van der Waals surface area contributed by atoms with E-state index in [-0.39, 0.29) is 5.91 Å². The van der Waals surface area contributed by atoms with E-state index in [2.05, 4.69) is 27.4 Å². The summed E-state index contributed by atoms with van der Waals surface area (Å²) in [6.07, 6.45) is 3.03. The minimum absolute atomic E-state index is 0.135. The fraction of sp³-hybridized carbons (Fsp3) is 0.346. The number of nitrogens with one attached hydrogen (secondary N) is 2. The number of nitrogen functional groups attached to an aromatic ring is 1. The summed E-state index contributed by atoms with van der Waals surface area (Å²) in [5.74, 6) is 1.91. The molecule has 1 aromatic carbocycles. The summed E-state index contributed by atoms with van der Waals surface area (Å²) in [6.45, 7) is 6.86. The Morgan fingerprint density at radius 1 is 1.03 bits per heavy atom. The number of pyridine rings is 2. The van der Waals surface area contributed by atoms with Gasteiger partial charge in [0.15, 0.2) is 0 Å². The van der Waals surface area contributed by atoms with Gasteiger partial charge in [-0.3, -0.25) is 4.79 Å². The SMILES string of the molecule is Cc1ccc(C(=O)Nc2ccc(NCCc3cccc(N)n3)cc2)c(N2CCC(C)CC2)n1. The van der Waals surface area contributed by atoms with E-state index in [1.165, 1.54) is 0 Å². The summed E-state index contributed by atoms with van der Waals surface area (Å²) < 4.78 is 0. The molecule has 0 spiro atoms. The number of nitrogens with zero attached hydrogens (tertiary/aromatic N) is 3. The van der Waals surface area contributed by atoms with Crippen LogP contribution < -0.4 is 21.3 Å². The van der Waals surface area contributed by atoms with Gasteiger partial charge in [0.05, 0.1) is 5.56 Å². The molecule has 3 heterocycles. The van der Waals surface area contributed by atoms with Crippen LogP contribution in [0.2, 0.25) is 0 Å². The van der Waals surface area contributed by atoms with Crippen LogP contribution in [0, 0.1) is 12.8 Å². The first-order valence-electron chi connectivity index (χ1n) is 11.6. The van der Waals surface area contributed by atoms with Crippen molar-refractivity contribution >= 4 is 28.9 Å². The number of nitrogens with two attached hydrogens (primary N) is 1. The number of piperidine rings is 1. The highest BCUT2D eigenvalue weighted by atomic mass is 16.1. The summed E-state index contributed by atoms with van der Waals surface area (Å²) in [6, 6.07) is 17.2. The van der Waals surface area contributed by atoms with Gasteiger partial charge in [0.1, 0.15) is 11.6 Å². The maximum Gasteiger partial charge on any atom is 0.259 e. The van der Waals surface area contributed by atoms with Crippen molar-refractivity contribution in [3.05, 3.63) is 71.5 Å². The maximum absolute atomic E-state index is 13.1. The zero-order valence-electron chi connectivity index (χ0n) is 19.3. The Bertz CT molecular complexity index is 1090. The number of anilines is 4. The van der Waals surface area contributed by atoms with E-state index in [0.717, 1.165) is 73.4 Å². The molecule has 1 fully saturated rings. The number of amides is 1. The normalized spacial score (nSPS) is 14.2. The van der Waals surface area contributed by atoms with Gasteiger partial charge in [-0.2, -0.15) is 0 Å². The molecule has 0 saturated carbocycles. The van der Waals surface area contributed by atoms with Crippen LogP contribution in [0.4, 0.5) is 23.0 Å². The lowest BCUT2D eigenvalue weighted by Crippen LogP contribution is -2.35. The molecule has 1 amide bonds. The summed E-state index contributed by atoms with van der Waals surface area (Å²) >= 11 is 0. The van der Waals surface area contributed by atoms with Crippen molar-refractivity contribution in [3.8, 4) is 0 Å². The fourth-order valence-electron chi connectivity index (χ4n) is 4.02. The number of hydrogen-bond acceptors (Lipinski definition) is 6. The number of rotatable bonds is 7. The Balaban J connectivity index is 1.37. The van der Waals surface area contributed by atoms with Crippen LogP contribution in [-0.4, -0.2) is 35.5 Å². The van der Waals surface area contributed by atoms with Crippen LogP contribution >= 0.6 is 0 Å². The van der Waals surface area contributed by atoms with Gasteiger partial charge in [0, 0.05) is 48.8 Å². The zero-order valence-corrected chi connectivity index (χ0v) is 19.3. The van der Waals surface area contributed by atoms with Gasteiger partial charge in [-0.05, 0) is 74.2 Å². The number of carbonyl (C=O) groups excluding carboxylic acids is 1. The Morgan fingerprint density at radius 2 is 1.76 bits per heavy atom. The quantitative estimate of drug-likeness (QED) is 0.496. The molecular weight excluding hydrogens is 412 g/mol. The van der Waals surface area contributed by atoms with Crippen molar-refractivity contribution in [1.29, 1.82) is 0 Å². The molecule has 2 aromatic heterocycles. The van der Waals surface area contributed by atoms with E-state index in [0.29, 0.717) is 11.4 Å². The maximum atomic E-state index is 13.1. The second-order valence-corrected chi connectivity index (χ2v) is 8.76. The third-order valence-corrected chi connectivity index (χ3v) is 6.02. The third kappa shape index (κ3) is 6.00. The van der Waals surface area contributed by atoms with Crippen molar-refractivity contribution in [2.75, 3.05) is 40.9 Å². The summed E-state index contributed by atoms with van der Waals surface area (Å²) in [4.78, 5) is 24.3. The molecule has 0 atom stereocenters. The largest absolute Gasteiger partial charge is 0.385 e. The van der Waals surface area contributed by atoms with Crippen molar-refractivity contribution in [1.82, 2.24) is 9.97 Å². The second kappa shape index (κ2) is 10.3. The van der Waals surface area contributed by atoms with Crippen LogP contribution in [0.3, 0.4) is 0 Å². The molecule has 3 aromatic rings. The first-order chi connectivity index (χ1) is 16.0. The van der Waals surface area contributed by atoms with Crippen LogP contribution in [0.1, 0.15) is 41.5 Å². The lowest BCUT2D eigenvalue weighted by molar-refractivity contribution is 0.102. The average Bonchev–Trinajstić information content (AvgIpc) is 2.81. The van der Waals surface area contributed by atoms with E-state index < -0.39 is 0 Å². The number of aromatic nitrogens is 2. The van der Waals surface area contributed by atoms with Gasteiger partial charge < -0.3 is 21.3 Å². The van der Waals surface area contributed by atoms with E-state index in [4.69, 9.17) is 10.7 Å². The molecule has 1 aliphatic rings. The van der Waals surface area contributed by atoms with E-state index in [1.54, 1.807) is 6.07 Å². The molecule has 7 heteroatoms. The van der Waals surface area contributed by atoms with Gasteiger partial charge in [-0.15, -0.1) is 0 Å². The van der Waals surface area contributed by atoms with Crippen LogP contribution in [0.5, 0.6) is 0 Å². The van der Waals surface area contributed by atoms with E-state index >= 15 is 0 Å². The first-order valence-corrected chi connectivity index (χ1v) is 11.6.